The summed E-state index contributed by atoms with van der Waals surface area (Å²) in [7, 11) is 0. The van der Waals surface area contributed by atoms with Crippen LogP contribution in [-0.2, 0) is 0 Å². The smallest absolute Gasteiger partial charge is 0.255 e. The number of pyridine rings is 3. The lowest BCUT2D eigenvalue weighted by molar-refractivity contribution is 0.0790. The van der Waals surface area contributed by atoms with Crippen LogP contribution in [0.5, 0.6) is 0 Å². The van der Waals surface area contributed by atoms with Crippen LogP contribution >= 0.6 is 0 Å². The van der Waals surface area contributed by atoms with Gasteiger partial charge in [0.15, 0.2) is 0 Å². The van der Waals surface area contributed by atoms with Crippen LogP contribution in [0.2, 0.25) is 0 Å². The number of nitrogens with zero attached hydrogens (tertiary/aromatic N) is 4. The predicted octanol–water partition coefficient (Wildman–Crippen LogP) is 2.64. The Hall–Kier alpha value is -3.48. The number of carbonyl (C=O) groups excluding carboxylic acids is 1. The Morgan fingerprint density at radius 1 is 1.04 bits per heavy atom. The molecule has 1 aliphatic rings. The zero-order chi connectivity index (χ0) is 19.7. The van der Waals surface area contributed by atoms with Gasteiger partial charge in [0, 0.05) is 48.4 Å². The lowest BCUT2D eigenvalue weighted by atomic mass is 9.99. The number of nitrogen functional groups attached to an aromatic ring is 2. The van der Waals surface area contributed by atoms with Gasteiger partial charge in [-0.3, -0.25) is 9.78 Å². The zero-order valence-corrected chi connectivity index (χ0v) is 15.7. The third-order valence-electron chi connectivity index (χ3n) is 5.02. The number of carbonyl (C=O) groups is 1. The molecule has 3 aromatic heterocycles. The molecule has 1 atom stereocenters. The molecule has 0 spiro atoms. The van der Waals surface area contributed by atoms with E-state index in [2.05, 4.69) is 16.0 Å². The molecule has 4 rings (SSSR count). The largest absolute Gasteiger partial charge is 0.384 e. The highest BCUT2D eigenvalue weighted by Gasteiger charge is 2.29. The van der Waals surface area contributed by atoms with Gasteiger partial charge in [-0.05, 0) is 55.3 Å². The van der Waals surface area contributed by atoms with E-state index in [1.165, 1.54) is 6.20 Å². The van der Waals surface area contributed by atoms with E-state index < -0.39 is 0 Å². The van der Waals surface area contributed by atoms with E-state index in [0.29, 0.717) is 30.3 Å². The lowest BCUT2D eigenvalue weighted by Gasteiger charge is -2.17. The highest BCUT2D eigenvalue weighted by Crippen LogP contribution is 2.30. The maximum Gasteiger partial charge on any atom is 0.255 e. The molecule has 0 saturated carbocycles. The first-order valence-electron chi connectivity index (χ1n) is 9.21. The second kappa shape index (κ2) is 7.26. The number of aryl methyl sites for hydroxylation is 1. The molecule has 0 aromatic carbocycles. The van der Waals surface area contributed by atoms with E-state index in [9.17, 15) is 4.79 Å². The third kappa shape index (κ3) is 3.64. The molecule has 1 aliphatic heterocycles. The van der Waals surface area contributed by atoms with Crippen LogP contribution in [0, 0.1) is 6.92 Å². The zero-order valence-electron chi connectivity index (χ0n) is 15.7. The third-order valence-corrected chi connectivity index (χ3v) is 5.02. The normalized spacial score (nSPS) is 16.3. The summed E-state index contributed by atoms with van der Waals surface area (Å²) >= 11 is 0. The number of amides is 1. The van der Waals surface area contributed by atoms with Crippen molar-refractivity contribution in [2.75, 3.05) is 24.6 Å². The minimum absolute atomic E-state index is 0.0226. The quantitative estimate of drug-likeness (QED) is 0.729. The van der Waals surface area contributed by atoms with E-state index in [1.54, 1.807) is 24.4 Å². The van der Waals surface area contributed by atoms with Gasteiger partial charge >= 0.3 is 0 Å². The van der Waals surface area contributed by atoms with Gasteiger partial charge in [-0.15, -0.1) is 0 Å². The van der Waals surface area contributed by atoms with Crippen molar-refractivity contribution in [2.45, 2.75) is 19.3 Å². The summed E-state index contributed by atoms with van der Waals surface area (Å²) in [4.78, 5) is 27.5. The van der Waals surface area contributed by atoms with Gasteiger partial charge in [0.2, 0.25) is 0 Å². The minimum Gasteiger partial charge on any atom is -0.384 e. The van der Waals surface area contributed by atoms with Gasteiger partial charge in [0.25, 0.3) is 5.91 Å². The number of likely N-dealkylation sites (tertiary alicyclic amines) is 1. The van der Waals surface area contributed by atoms with Gasteiger partial charge in [-0.2, -0.15) is 0 Å². The molecule has 1 amide bonds. The van der Waals surface area contributed by atoms with Crippen molar-refractivity contribution in [2.24, 2.45) is 0 Å². The van der Waals surface area contributed by atoms with Crippen molar-refractivity contribution in [3.63, 3.8) is 0 Å². The molecule has 4 heterocycles. The van der Waals surface area contributed by atoms with E-state index in [0.717, 1.165) is 28.9 Å². The summed E-state index contributed by atoms with van der Waals surface area (Å²) in [6.07, 6.45) is 4.18. The van der Waals surface area contributed by atoms with Crippen molar-refractivity contribution in [3.05, 3.63) is 65.7 Å². The SMILES string of the molecule is Cc1cc(-c2ccc(N)nc2)cc(C2CCN(C(=O)c3ccc(N)nc3)C2)n1. The standard InChI is InChI=1S/C21H22N6O/c1-13-8-17(14-2-4-19(22)24-10-14)9-18(26-13)16-6-7-27(12-16)21(28)15-3-5-20(23)25-11-15/h2-5,8-11,16H,6-7,12H2,1H3,(H2,22,24)(H2,23,25). The maximum absolute atomic E-state index is 12.7. The molecule has 7 heteroatoms. The van der Waals surface area contributed by atoms with E-state index >= 15 is 0 Å². The van der Waals surface area contributed by atoms with E-state index in [4.69, 9.17) is 16.5 Å². The van der Waals surface area contributed by atoms with Crippen molar-refractivity contribution in [3.8, 4) is 11.1 Å². The van der Waals surface area contributed by atoms with Crippen LogP contribution in [0.4, 0.5) is 11.6 Å². The summed E-state index contributed by atoms with van der Waals surface area (Å²) < 4.78 is 0. The number of aromatic nitrogens is 3. The lowest BCUT2D eigenvalue weighted by Crippen LogP contribution is -2.28. The van der Waals surface area contributed by atoms with Crippen molar-refractivity contribution in [1.29, 1.82) is 0 Å². The van der Waals surface area contributed by atoms with Gasteiger partial charge in [0.05, 0.1) is 5.56 Å². The van der Waals surface area contributed by atoms with Crippen LogP contribution in [-0.4, -0.2) is 38.8 Å². The number of rotatable bonds is 3. The summed E-state index contributed by atoms with van der Waals surface area (Å²) in [6, 6.07) is 11.2. The average Bonchev–Trinajstić information content (AvgIpc) is 3.18. The molecule has 1 fully saturated rings. The van der Waals surface area contributed by atoms with Gasteiger partial charge in [-0.25, -0.2) is 9.97 Å². The number of anilines is 2. The van der Waals surface area contributed by atoms with Crippen molar-refractivity contribution >= 4 is 17.5 Å². The number of nitrogens with two attached hydrogens (primary N) is 2. The fraction of sp³-hybridized carbons (Fsp3) is 0.238. The molecule has 1 saturated heterocycles. The Balaban J connectivity index is 1.54. The Kier molecular flexibility index (Phi) is 4.65. The molecule has 0 bridgehead atoms. The van der Waals surface area contributed by atoms with Gasteiger partial charge in [0.1, 0.15) is 11.6 Å². The first kappa shape index (κ1) is 17.9. The Morgan fingerprint density at radius 3 is 2.46 bits per heavy atom. The Bertz CT molecular complexity index is 1000. The van der Waals surface area contributed by atoms with Crippen LogP contribution in [0.25, 0.3) is 11.1 Å². The van der Waals surface area contributed by atoms with Crippen molar-refractivity contribution < 1.29 is 4.79 Å². The molecular formula is C21H22N6O. The fourth-order valence-corrected chi connectivity index (χ4v) is 3.55. The molecule has 142 valence electrons. The van der Waals surface area contributed by atoms with Crippen molar-refractivity contribution in [1.82, 2.24) is 19.9 Å². The van der Waals surface area contributed by atoms with Gasteiger partial charge < -0.3 is 16.4 Å². The average molecular weight is 374 g/mol. The first-order valence-corrected chi connectivity index (χ1v) is 9.21. The summed E-state index contributed by atoms with van der Waals surface area (Å²) in [5.41, 5.74) is 15.9. The first-order chi connectivity index (χ1) is 13.5. The molecule has 7 nitrogen and oxygen atoms in total. The summed E-state index contributed by atoms with van der Waals surface area (Å²) in [5.74, 6) is 1.08. The van der Waals surface area contributed by atoms with Crippen LogP contribution < -0.4 is 11.5 Å². The Labute approximate surface area is 163 Å². The second-order valence-corrected chi connectivity index (χ2v) is 7.10. The minimum atomic E-state index is -0.0226. The molecule has 0 aliphatic carbocycles. The molecule has 1 unspecified atom stereocenters. The molecular weight excluding hydrogens is 352 g/mol. The van der Waals surface area contributed by atoms with Crippen LogP contribution in [0.1, 0.15) is 34.1 Å². The fourth-order valence-electron chi connectivity index (χ4n) is 3.55. The number of hydrogen-bond acceptors (Lipinski definition) is 6. The molecule has 4 N–H and O–H groups in total. The summed E-state index contributed by atoms with van der Waals surface area (Å²) in [5, 5.41) is 0. The summed E-state index contributed by atoms with van der Waals surface area (Å²) in [6.45, 7) is 3.32. The highest BCUT2D eigenvalue weighted by molar-refractivity contribution is 5.94. The van der Waals surface area contributed by atoms with Crippen LogP contribution in [0.15, 0.2) is 48.8 Å². The highest BCUT2D eigenvalue weighted by atomic mass is 16.2. The van der Waals surface area contributed by atoms with E-state index in [-0.39, 0.29) is 11.8 Å². The molecule has 3 aromatic rings. The topological polar surface area (TPSA) is 111 Å². The monoisotopic (exact) mass is 374 g/mol. The molecule has 28 heavy (non-hydrogen) atoms. The van der Waals surface area contributed by atoms with Crippen LogP contribution in [0.3, 0.4) is 0 Å². The predicted molar refractivity (Wildman–Crippen MR) is 109 cm³/mol. The van der Waals surface area contributed by atoms with Gasteiger partial charge in [-0.1, -0.05) is 0 Å². The number of hydrogen-bond donors (Lipinski definition) is 2. The Morgan fingerprint density at radius 2 is 1.79 bits per heavy atom. The van der Waals surface area contributed by atoms with E-state index in [1.807, 2.05) is 24.0 Å². The maximum atomic E-state index is 12.7. The molecule has 0 radical (unpaired) electrons. The second-order valence-electron chi connectivity index (χ2n) is 7.10.